The Bertz CT molecular complexity index is 171. The summed E-state index contributed by atoms with van der Waals surface area (Å²) in [5.41, 5.74) is 0. The fraction of sp³-hybridized carbons (Fsp3) is 1.00. The molecule has 7 atom stereocenters. The second kappa shape index (κ2) is 6.66. The van der Waals surface area contributed by atoms with Gasteiger partial charge in [-0.15, -0.1) is 0 Å². The summed E-state index contributed by atoms with van der Waals surface area (Å²) in [5, 5.41) is 0. The Balaban J connectivity index is 2.64. The van der Waals surface area contributed by atoms with Crippen LogP contribution in [0.25, 0.3) is 0 Å². The molecular weight excluding hydrogens is 241 g/mol. The highest BCUT2D eigenvalue weighted by molar-refractivity contribution is 8.00. The molecule has 1 heterocycles. The second-order valence-electron chi connectivity index (χ2n) is 2.99. The Kier molecular flexibility index (Phi) is 6.27. The molecule has 0 spiro atoms. The lowest BCUT2D eigenvalue weighted by Gasteiger charge is -2.20. The van der Waals surface area contributed by atoms with E-state index in [2.05, 4.69) is 25.3 Å². The first-order chi connectivity index (χ1) is 6.78. The quantitative estimate of drug-likeness (QED) is 0.703. The summed E-state index contributed by atoms with van der Waals surface area (Å²) in [4.78, 5) is 0. The molecule has 0 saturated carbocycles. The Morgan fingerprint density at radius 1 is 1.43 bits per heavy atom. The number of methoxy groups -OCH3 is 1. The Labute approximate surface area is 91.0 Å². The topological polar surface area (TPSA) is 36.9 Å². The van der Waals surface area contributed by atoms with Gasteiger partial charge in [-0.1, -0.05) is 15.9 Å². The van der Waals surface area contributed by atoms with Gasteiger partial charge in [0.05, 0.1) is 6.10 Å². The summed E-state index contributed by atoms with van der Waals surface area (Å²) < 4.78 is 21.7. The predicted molar refractivity (Wildman–Crippen MR) is 63.4 cm³/mol. The maximum absolute atomic E-state index is 5.64. The van der Waals surface area contributed by atoms with E-state index in [9.17, 15) is 0 Å². The molecule has 0 aliphatic carbocycles. The molecule has 0 amide bonds. The van der Waals surface area contributed by atoms with Gasteiger partial charge in [0.15, 0.2) is 6.29 Å². The molecule has 1 rings (SSSR count). The van der Waals surface area contributed by atoms with Gasteiger partial charge in [0.2, 0.25) is 0 Å². The van der Waals surface area contributed by atoms with Crippen LogP contribution in [0.3, 0.4) is 0 Å². The molecule has 84 valence electrons. The first-order valence-corrected chi connectivity index (χ1v) is 7.62. The minimum atomic E-state index is -0.330. The van der Waals surface area contributed by atoms with Crippen molar-refractivity contribution < 1.29 is 18.5 Å². The average molecular weight is 258 g/mol. The largest absolute Gasteiger partial charge is 0.354 e. The Morgan fingerprint density at radius 2 is 2.14 bits per heavy atom. The zero-order valence-electron chi connectivity index (χ0n) is 8.30. The summed E-state index contributed by atoms with van der Waals surface area (Å²) in [6.45, 7) is 2.06. The fourth-order valence-electron chi connectivity index (χ4n) is 1.57. The molecule has 14 heavy (non-hydrogen) atoms. The molecule has 1 saturated heterocycles. The maximum Gasteiger partial charge on any atom is 0.186 e. The van der Waals surface area contributed by atoms with Gasteiger partial charge in [-0.3, -0.25) is 0 Å². The van der Waals surface area contributed by atoms with E-state index >= 15 is 0 Å². The number of hydrogen-bond donors (Lipinski definition) is 0. The molecule has 0 aromatic heterocycles. The van der Waals surface area contributed by atoms with Gasteiger partial charge in [-0.25, -0.2) is 0 Å². The molecule has 0 aromatic carbocycles. The van der Waals surface area contributed by atoms with Gasteiger partial charge in [-0.05, 0) is 6.42 Å². The van der Waals surface area contributed by atoms with Crippen molar-refractivity contribution in [3.8, 4) is 0 Å². The third-order valence-corrected chi connectivity index (χ3v) is 3.39. The van der Waals surface area contributed by atoms with Crippen molar-refractivity contribution in [2.75, 3.05) is 7.11 Å². The van der Waals surface area contributed by atoms with Crippen LogP contribution in [-0.4, -0.2) is 31.7 Å². The second-order valence-corrected chi connectivity index (χ2v) is 4.44. The van der Waals surface area contributed by atoms with Crippen molar-refractivity contribution in [2.45, 2.75) is 37.9 Å². The third-order valence-electron chi connectivity index (χ3n) is 2.26. The van der Waals surface area contributed by atoms with Crippen LogP contribution in [-0.2, 0) is 18.5 Å². The van der Waals surface area contributed by atoms with Crippen LogP contribution in [0.4, 0.5) is 0 Å². The first kappa shape index (κ1) is 13.2. The minimum Gasteiger partial charge on any atom is -0.354 e. The smallest absolute Gasteiger partial charge is 0.186 e. The van der Waals surface area contributed by atoms with E-state index in [4.69, 9.17) is 18.5 Å². The van der Waals surface area contributed by atoms with E-state index in [0.717, 1.165) is 6.42 Å². The minimum absolute atomic E-state index is 0.0433. The molecular formula is C7H17O4P3. The maximum atomic E-state index is 5.64. The number of hydrogen-bond acceptors (Lipinski definition) is 4. The normalized spacial score (nSPS) is 38.6. The van der Waals surface area contributed by atoms with E-state index in [1.807, 2.05) is 0 Å². The molecule has 0 radical (unpaired) electrons. The van der Waals surface area contributed by atoms with Gasteiger partial charge >= 0.3 is 0 Å². The van der Waals surface area contributed by atoms with Crippen LogP contribution in [0.5, 0.6) is 0 Å². The molecule has 5 unspecified atom stereocenters. The summed E-state index contributed by atoms with van der Waals surface area (Å²) in [5.74, 6) is 0. The third kappa shape index (κ3) is 2.83. The van der Waals surface area contributed by atoms with Gasteiger partial charge in [0.25, 0.3) is 0 Å². The van der Waals surface area contributed by atoms with Crippen molar-refractivity contribution in [3.05, 3.63) is 0 Å². The van der Waals surface area contributed by atoms with E-state index in [0.29, 0.717) is 8.50 Å². The molecule has 1 fully saturated rings. The van der Waals surface area contributed by atoms with Crippen LogP contribution in [0.1, 0.15) is 13.3 Å². The van der Waals surface area contributed by atoms with Crippen molar-refractivity contribution in [3.63, 3.8) is 0 Å². The first-order valence-electron chi connectivity index (χ1n) is 4.43. The summed E-state index contributed by atoms with van der Waals surface area (Å²) in [6, 6.07) is 0. The van der Waals surface area contributed by atoms with E-state index < -0.39 is 0 Å². The molecule has 7 heteroatoms. The molecule has 1 aliphatic heterocycles. The molecule has 0 aromatic rings. The Hall–Kier alpha value is 1.13. The zero-order valence-corrected chi connectivity index (χ0v) is 11.6. The van der Waals surface area contributed by atoms with Crippen LogP contribution in [0.2, 0.25) is 0 Å². The lowest BCUT2D eigenvalue weighted by Crippen LogP contribution is -2.34. The van der Waals surface area contributed by atoms with E-state index in [-0.39, 0.29) is 24.6 Å². The van der Waals surface area contributed by atoms with Crippen LogP contribution < -0.4 is 0 Å². The lowest BCUT2D eigenvalue weighted by molar-refractivity contribution is -0.141. The van der Waals surface area contributed by atoms with Crippen molar-refractivity contribution in [2.24, 2.45) is 0 Å². The van der Waals surface area contributed by atoms with Gasteiger partial charge < -0.3 is 18.5 Å². The van der Waals surface area contributed by atoms with Gasteiger partial charge in [-0.2, -0.15) is 0 Å². The van der Waals surface area contributed by atoms with Gasteiger partial charge in [0.1, 0.15) is 12.2 Å². The molecule has 0 N–H and O–H groups in total. The predicted octanol–water partition coefficient (Wildman–Crippen LogP) is 1.71. The highest BCUT2D eigenvalue weighted by Crippen LogP contribution is 2.36. The van der Waals surface area contributed by atoms with Crippen molar-refractivity contribution in [1.29, 1.82) is 0 Å². The summed E-state index contributed by atoms with van der Waals surface area (Å²) >= 11 is 0. The average Bonchev–Trinajstić information content (AvgIpc) is 2.56. The summed E-state index contributed by atoms with van der Waals surface area (Å²) in [6.07, 6.45) is 0.410. The Morgan fingerprint density at radius 3 is 2.57 bits per heavy atom. The number of rotatable bonds is 5. The highest BCUT2D eigenvalue weighted by atomic mass is 32.0. The van der Waals surface area contributed by atoms with E-state index in [1.54, 1.807) is 7.11 Å². The zero-order chi connectivity index (χ0) is 10.6. The molecule has 1 aliphatic rings. The molecule has 0 bridgehead atoms. The van der Waals surface area contributed by atoms with Gasteiger partial charge in [0, 0.05) is 25.1 Å². The monoisotopic (exact) mass is 258 g/mol. The van der Waals surface area contributed by atoms with Crippen LogP contribution in [0, 0.1) is 0 Å². The lowest BCUT2D eigenvalue weighted by atomic mass is 10.1. The van der Waals surface area contributed by atoms with Crippen molar-refractivity contribution in [1.82, 2.24) is 0 Å². The fourth-order valence-corrected chi connectivity index (χ4v) is 2.77. The summed E-state index contributed by atoms with van der Waals surface area (Å²) in [7, 11) is 6.76. The van der Waals surface area contributed by atoms with Crippen LogP contribution in [0.15, 0.2) is 0 Å². The molecule has 4 nitrogen and oxygen atoms in total. The van der Waals surface area contributed by atoms with E-state index in [1.165, 1.54) is 0 Å². The number of ether oxygens (including phenoxy) is 2. The standard InChI is InChI=1S/C7H17O4P3/c1-3-4-5(11-14-13)6(10-12)7(8-2)9-4/h4-7,14H,3,12-13H2,1-2H3/t4-,5+,6?,7?/m1/s1. The van der Waals surface area contributed by atoms with Crippen molar-refractivity contribution >= 4 is 26.9 Å². The highest BCUT2D eigenvalue weighted by Gasteiger charge is 2.45. The van der Waals surface area contributed by atoms with Crippen LogP contribution >= 0.6 is 26.9 Å². The SMILES string of the molecule is CC[C@H]1OC(OC)C(OP)[C@H]1OPP.